The van der Waals surface area contributed by atoms with E-state index in [1.807, 2.05) is 0 Å². The average Bonchev–Trinajstić information content (AvgIpc) is 2.04. The van der Waals surface area contributed by atoms with Crippen LogP contribution in [0.5, 0.6) is 0 Å². The van der Waals surface area contributed by atoms with Gasteiger partial charge in [-0.3, -0.25) is 0 Å². The van der Waals surface area contributed by atoms with E-state index in [2.05, 4.69) is 6.92 Å². The minimum atomic E-state index is 0.234. The Morgan fingerprint density at radius 3 is 2.30 bits per heavy atom. The summed E-state index contributed by atoms with van der Waals surface area (Å²) in [6.07, 6.45) is 2.21. The van der Waals surface area contributed by atoms with Gasteiger partial charge >= 0.3 is 0 Å². The normalized spacial score (nSPS) is 37.5. The molecule has 0 amide bonds. The van der Waals surface area contributed by atoms with Crippen molar-refractivity contribution >= 4 is 0 Å². The summed E-state index contributed by atoms with van der Waals surface area (Å²) in [5.41, 5.74) is 0.234. The molecule has 1 unspecified atom stereocenters. The van der Waals surface area contributed by atoms with Crippen LogP contribution in [-0.2, 0) is 9.47 Å². The van der Waals surface area contributed by atoms with Gasteiger partial charge in [0.25, 0.3) is 0 Å². The largest absolute Gasteiger partial charge is 0.381 e. The minimum Gasteiger partial charge on any atom is -0.381 e. The van der Waals surface area contributed by atoms with Crippen molar-refractivity contribution in [3.63, 3.8) is 0 Å². The molecule has 0 aromatic rings. The molecule has 2 aliphatic rings. The smallest absolute Gasteiger partial charge is 0.0773 e. The first-order chi connectivity index (χ1) is 4.83. The third-order valence-electron chi connectivity index (χ3n) is 2.86. The molecular weight excluding hydrogens is 128 g/mol. The molecule has 0 bridgehead atoms. The van der Waals surface area contributed by atoms with Gasteiger partial charge in [0.15, 0.2) is 0 Å². The summed E-state index contributed by atoms with van der Waals surface area (Å²) in [6.45, 7) is 5.02. The molecule has 2 aliphatic heterocycles. The van der Waals surface area contributed by atoms with Crippen LogP contribution in [0.4, 0.5) is 0 Å². The monoisotopic (exact) mass is 142 g/mol. The fraction of sp³-hybridized carbons (Fsp3) is 1.00. The van der Waals surface area contributed by atoms with Crippen molar-refractivity contribution < 1.29 is 9.47 Å². The summed E-state index contributed by atoms with van der Waals surface area (Å²) in [4.78, 5) is 0. The summed E-state index contributed by atoms with van der Waals surface area (Å²) < 4.78 is 10.9. The molecule has 0 N–H and O–H groups in total. The molecular formula is C8H14O2. The third kappa shape index (κ3) is 0.789. The van der Waals surface area contributed by atoms with E-state index in [4.69, 9.17) is 9.47 Å². The fourth-order valence-corrected chi connectivity index (χ4v) is 1.84. The van der Waals surface area contributed by atoms with Gasteiger partial charge in [0, 0.05) is 32.0 Å². The van der Waals surface area contributed by atoms with E-state index in [-0.39, 0.29) is 5.60 Å². The van der Waals surface area contributed by atoms with E-state index in [0.29, 0.717) is 0 Å². The molecule has 1 spiro atoms. The second-order valence-electron chi connectivity index (χ2n) is 3.39. The van der Waals surface area contributed by atoms with Gasteiger partial charge in [-0.05, 0) is 0 Å². The lowest BCUT2D eigenvalue weighted by atomic mass is 9.78. The van der Waals surface area contributed by atoms with Crippen LogP contribution in [0.25, 0.3) is 0 Å². The van der Waals surface area contributed by atoms with Gasteiger partial charge in [-0.2, -0.15) is 0 Å². The van der Waals surface area contributed by atoms with Crippen molar-refractivity contribution in [3.05, 3.63) is 0 Å². The molecule has 0 aromatic heterocycles. The Hall–Kier alpha value is -0.0800. The highest BCUT2D eigenvalue weighted by atomic mass is 16.5. The van der Waals surface area contributed by atoms with E-state index in [1.165, 1.54) is 0 Å². The van der Waals surface area contributed by atoms with E-state index in [0.717, 1.165) is 38.6 Å². The van der Waals surface area contributed by atoms with Gasteiger partial charge in [0.1, 0.15) is 0 Å². The van der Waals surface area contributed by atoms with Crippen LogP contribution in [-0.4, -0.2) is 25.4 Å². The number of ether oxygens (including phenoxy) is 2. The van der Waals surface area contributed by atoms with Crippen molar-refractivity contribution in [3.8, 4) is 0 Å². The van der Waals surface area contributed by atoms with Gasteiger partial charge in [-0.1, -0.05) is 6.92 Å². The predicted octanol–water partition coefficient (Wildman–Crippen LogP) is 1.20. The molecule has 0 saturated carbocycles. The summed E-state index contributed by atoms with van der Waals surface area (Å²) in [5, 5.41) is 0. The zero-order valence-corrected chi connectivity index (χ0v) is 6.43. The second kappa shape index (κ2) is 2.21. The molecule has 10 heavy (non-hydrogen) atoms. The van der Waals surface area contributed by atoms with Crippen LogP contribution >= 0.6 is 0 Å². The molecule has 0 aromatic carbocycles. The highest BCUT2D eigenvalue weighted by molar-refractivity contribution is 4.94. The minimum absolute atomic E-state index is 0.234. The molecule has 2 fully saturated rings. The maximum absolute atomic E-state index is 5.59. The maximum atomic E-state index is 5.59. The molecule has 2 heterocycles. The first-order valence-electron chi connectivity index (χ1n) is 4.05. The van der Waals surface area contributed by atoms with Gasteiger partial charge in [0.2, 0.25) is 0 Å². The molecule has 0 aliphatic carbocycles. The standard InChI is InChI=1S/C8H14O2/c1-7-6-10-8(7)2-4-9-5-3-8/h7H,2-6H2,1H3. The van der Waals surface area contributed by atoms with Gasteiger partial charge < -0.3 is 9.47 Å². The summed E-state index contributed by atoms with van der Waals surface area (Å²) in [5.74, 6) is 0.761. The lowest BCUT2D eigenvalue weighted by Gasteiger charge is -2.50. The molecule has 1 atom stereocenters. The van der Waals surface area contributed by atoms with Crippen molar-refractivity contribution in [2.75, 3.05) is 19.8 Å². The Morgan fingerprint density at radius 1 is 1.30 bits per heavy atom. The molecule has 2 heteroatoms. The lowest BCUT2D eigenvalue weighted by Crippen LogP contribution is -2.55. The van der Waals surface area contributed by atoms with Crippen molar-refractivity contribution in [2.24, 2.45) is 5.92 Å². The summed E-state index contributed by atoms with van der Waals surface area (Å²) in [6, 6.07) is 0. The zero-order valence-electron chi connectivity index (χ0n) is 6.43. The quantitative estimate of drug-likeness (QED) is 0.506. The highest BCUT2D eigenvalue weighted by Gasteiger charge is 2.46. The van der Waals surface area contributed by atoms with E-state index in [1.54, 1.807) is 0 Å². The first-order valence-corrected chi connectivity index (χ1v) is 4.05. The van der Waals surface area contributed by atoms with E-state index < -0.39 is 0 Å². The van der Waals surface area contributed by atoms with Crippen LogP contribution in [0.2, 0.25) is 0 Å². The Bertz CT molecular complexity index is 127. The fourth-order valence-electron chi connectivity index (χ4n) is 1.84. The van der Waals surface area contributed by atoms with Crippen LogP contribution in [0.1, 0.15) is 19.8 Å². The van der Waals surface area contributed by atoms with E-state index >= 15 is 0 Å². The Morgan fingerprint density at radius 2 is 2.00 bits per heavy atom. The maximum Gasteiger partial charge on any atom is 0.0773 e. The molecule has 58 valence electrons. The number of hydrogen-bond acceptors (Lipinski definition) is 2. The second-order valence-corrected chi connectivity index (χ2v) is 3.39. The zero-order chi connectivity index (χ0) is 7.03. The van der Waals surface area contributed by atoms with Crippen LogP contribution in [0.3, 0.4) is 0 Å². The Kier molecular flexibility index (Phi) is 1.46. The SMILES string of the molecule is CC1COC12CCOCC2. The van der Waals surface area contributed by atoms with Gasteiger partial charge in [-0.15, -0.1) is 0 Å². The molecule has 0 radical (unpaired) electrons. The average molecular weight is 142 g/mol. The Labute approximate surface area is 61.5 Å². The van der Waals surface area contributed by atoms with Crippen LogP contribution in [0, 0.1) is 5.92 Å². The summed E-state index contributed by atoms with van der Waals surface area (Å²) >= 11 is 0. The highest BCUT2D eigenvalue weighted by Crippen LogP contribution is 2.40. The lowest BCUT2D eigenvalue weighted by molar-refractivity contribution is -0.231. The molecule has 2 rings (SSSR count). The third-order valence-corrected chi connectivity index (χ3v) is 2.86. The van der Waals surface area contributed by atoms with Gasteiger partial charge in [-0.25, -0.2) is 0 Å². The summed E-state index contributed by atoms with van der Waals surface area (Å²) in [7, 11) is 0. The number of rotatable bonds is 0. The van der Waals surface area contributed by atoms with Crippen molar-refractivity contribution in [1.29, 1.82) is 0 Å². The molecule has 2 nitrogen and oxygen atoms in total. The Balaban J connectivity index is 1.99. The first kappa shape index (κ1) is 6.62. The molecule has 2 saturated heterocycles. The van der Waals surface area contributed by atoms with Crippen LogP contribution in [0.15, 0.2) is 0 Å². The topological polar surface area (TPSA) is 18.5 Å². The predicted molar refractivity (Wildman–Crippen MR) is 37.9 cm³/mol. The van der Waals surface area contributed by atoms with Gasteiger partial charge in [0.05, 0.1) is 12.2 Å². The van der Waals surface area contributed by atoms with Crippen molar-refractivity contribution in [2.45, 2.75) is 25.4 Å². The number of hydrogen-bond donors (Lipinski definition) is 0. The van der Waals surface area contributed by atoms with Crippen LogP contribution < -0.4 is 0 Å². The van der Waals surface area contributed by atoms with Crippen molar-refractivity contribution in [1.82, 2.24) is 0 Å². The van der Waals surface area contributed by atoms with E-state index in [9.17, 15) is 0 Å².